The molecule has 0 N–H and O–H groups in total. The van der Waals surface area contributed by atoms with E-state index in [-0.39, 0.29) is 16.6 Å². The smallest absolute Gasteiger partial charge is 0.205 e. The number of ketones is 2. The summed E-state index contributed by atoms with van der Waals surface area (Å²) >= 11 is 5.82. The maximum Gasteiger partial charge on any atom is 0.205 e. The highest BCUT2D eigenvalue weighted by Crippen LogP contribution is 2.29. The molecule has 76 valence electrons. The summed E-state index contributed by atoms with van der Waals surface area (Å²) < 4.78 is 0. The molecule has 0 saturated carbocycles. The van der Waals surface area contributed by atoms with Gasteiger partial charge in [0.2, 0.25) is 5.78 Å². The van der Waals surface area contributed by atoms with E-state index in [9.17, 15) is 9.59 Å². The summed E-state index contributed by atoms with van der Waals surface area (Å²) in [6.45, 7) is 3.38. The Morgan fingerprint density at radius 2 is 1.73 bits per heavy atom. The molecule has 0 heterocycles. The first-order valence-electron chi connectivity index (χ1n) is 4.59. The van der Waals surface area contributed by atoms with E-state index in [1.807, 2.05) is 0 Å². The van der Waals surface area contributed by atoms with E-state index in [1.54, 1.807) is 32.0 Å². The molecule has 0 amide bonds. The first-order valence-corrected chi connectivity index (χ1v) is 4.97. The largest absolute Gasteiger partial charge is 0.289 e. The van der Waals surface area contributed by atoms with Gasteiger partial charge in [-0.25, -0.2) is 0 Å². The normalized spacial score (nSPS) is 15.7. The summed E-state index contributed by atoms with van der Waals surface area (Å²) in [5.41, 5.74) is 2.02. The molecule has 1 aromatic rings. The van der Waals surface area contributed by atoms with Crippen LogP contribution in [-0.4, -0.2) is 11.6 Å². The lowest BCUT2D eigenvalue weighted by Crippen LogP contribution is -2.19. The Labute approximate surface area is 92.6 Å². The van der Waals surface area contributed by atoms with Crippen LogP contribution in [0, 0.1) is 6.92 Å². The van der Waals surface area contributed by atoms with Gasteiger partial charge in [0.1, 0.15) is 0 Å². The number of hydrogen-bond donors (Lipinski definition) is 0. The summed E-state index contributed by atoms with van der Waals surface area (Å²) in [7, 11) is 0. The molecule has 3 heteroatoms. The summed E-state index contributed by atoms with van der Waals surface area (Å²) in [5, 5.41) is 0.0433. The van der Waals surface area contributed by atoms with Gasteiger partial charge in [0.05, 0.1) is 5.03 Å². The number of halogens is 1. The second-order valence-electron chi connectivity index (χ2n) is 3.59. The Hall–Kier alpha value is -1.41. The third kappa shape index (κ3) is 1.33. The van der Waals surface area contributed by atoms with Gasteiger partial charge < -0.3 is 0 Å². The number of aryl methyl sites for hydroxylation is 1. The highest BCUT2D eigenvalue weighted by molar-refractivity contribution is 6.50. The minimum atomic E-state index is -0.248. The van der Waals surface area contributed by atoms with Crippen molar-refractivity contribution in [2.45, 2.75) is 13.8 Å². The van der Waals surface area contributed by atoms with E-state index in [2.05, 4.69) is 0 Å². The van der Waals surface area contributed by atoms with Crippen molar-refractivity contribution in [3.63, 3.8) is 0 Å². The number of rotatable bonds is 0. The van der Waals surface area contributed by atoms with Crippen molar-refractivity contribution in [3.8, 4) is 0 Å². The lowest BCUT2D eigenvalue weighted by Gasteiger charge is -2.16. The minimum absolute atomic E-state index is 0.0433. The number of hydrogen-bond acceptors (Lipinski definition) is 2. The van der Waals surface area contributed by atoms with Crippen LogP contribution in [-0.2, 0) is 0 Å². The van der Waals surface area contributed by atoms with E-state index in [0.717, 1.165) is 5.56 Å². The van der Waals surface area contributed by atoms with Crippen molar-refractivity contribution in [1.82, 2.24) is 0 Å². The van der Waals surface area contributed by atoms with Gasteiger partial charge in [-0.15, -0.1) is 0 Å². The Morgan fingerprint density at radius 1 is 1.07 bits per heavy atom. The van der Waals surface area contributed by atoms with Crippen molar-refractivity contribution in [1.29, 1.82) is 0 Å². The Balaban J connectivity index is 2.79. The summed E-state index contributed by atoms with van der Waals surface area (Å²) in [6.07, 6.45) is 0. The number of carbonyl (C=O) groups excluding carboxylic acids is 2. The van der Waals surface area contributed by atoms with Gasteiger partial charge in [-0.05, 0) is 19.4 Å². The predicted molar refractivity (Wildman–Crippen MR) is 58.4 cm³/mol. The molecule has 0 aromatic heterocycles. The third-order valence-electron chi connectivity index (χ3n) is 2.61. The number of carbonyl (C=O) groups is 2. The lowest BCUT2D eigenvalue weighted by atomic mass is 9.87. The molecule has 0 spiro atoms. The van der Waals surface area contributed by atoms with E-state index in [4.69, 9.17) is 11.6 Å². The van der Waals surface area contributed by atoms with Gasteiger partial charge in [0.25, 0.3) is 0 Å². The zero-order chi connectivity index (χ0) is 11.2. The van der Waals surface area contributed by atoms with Crippen LogP contribution in [0.15, 0.2) is 28.8 Å². The highest BCUT2D eigenvalue weighted by atomic mass is 35.5. The van der Waals surface area contributed by atoms with Crippen LogP contribution < -0.4 is 0 Å². The van der Waals surface area contributed by atoms with Crippen LogP contribution in [0.5, 0.6) is 0 Å². The Bertz CT molecular complexity index is 512. The van der Waals surface area contributed by atoms with Gasteiger partial charge in [0, 0.05) is 16.7 Å². The van der Waals surface area contributed by atoms with Crippen LogP contribution in [0.4, 0.5) is 0 Å². The van der Waals surface area contributed by atoms with Gasteiger partial charge in [-0.3, -0.25) is 9.59 Å². The fourth-order valence-electron chi connectivity index (χ4n) is 1.74. The number of fused-ring (bicyclic) bond motifs is 1. The zero-order valence-corrected chi connectivity index (χ0v) is 9.18. The molecule has 2 nitrogen and oxygen atoms in total. The van der Waals surface area contributed by atoms with Crippen LogP contribution in [0.3, 0.4) is 0 Å². The van der Waals surface area contributed by atoms with Gasteiger partial charge >= 0.3 is 0 Å². The molecule has 0 bridgehead atoms. The first-order chi connectivity index (χ1) is 7.04. The topological polar surface area (TPSA) is 34.1 Å². The second-order valence-corrected chi connectivity index (χ2v) is 3.97. The molecule has 1 aliphatic carbocycles. The zero-order valence-electron chi connectivity index (χ0n) is 8.43. The molecular weight excluding hydrogens is 212 g/mol. The maximum absolute atomic E-state index is 11.9. The highest BCUT2D eigenvalue weighted by Gasteiger charge is 2.29. The first kappa shape index (κ1) is 10.1. The molecule has 0 unspecified atom stereocenters. The summed E-state index contributed by atoms with van der Waals surface area (Å²) in [5.74, 6) is -0.403. The quantitative estimate of drug-likeness (QED) is 0.674. The minimum Gasteiger partial charge on any atom is -0.289 e. The average Bonchev–Trinajstić information content (AvgIpc) is 2.23. The maximum atomic E-state index is 11.9. The monoisotopic (exact) mass is 220 g/mol. The van der Waals surface area contributed by atoms with Crippen LogP contribution in [0.1, 0.15) is 33.2 Å². The van der Waals surface area contributed by atoms with E-state index >= 15 is 0 Å². The Morgan fingerprint density at radius 3 is 2.40 bits per heavy atom. The summed E-state index contributed by atoms with van der Waals surface area (Å²) in [4.78, 5) is 23.7. The number of Topliss-reactive ketones (excluding diaryl/α,β-unsaturated/α-hetero) is 2. The average molecular weight is 221 g/mol. The van der Waals surface area contributed by atoms with Crippen molar-refractivity contribution >= 4 is 23.2 Å². The Kier molecular flexibility index (Phi) is 2.24. The van der Waals surface area contributed by atoms with Crippen molar-refractivity contribution in [2.75, 3.05) is 0 Å². The molecule has 1 aromatic carbocycles. The van der Waals surface area contributed by atoms with Gasteiger partial charge in [-0.2, -0.15) is 0 Å². The molecule has 2 rings (SSSR count). The molecule has 0 radical (unpaired) electrons. The van der Waals surface area contributed by atoms with Crippen molar-refractivity contribution in [2.24, 2.45) is 0 Å². The van der Waals surface area contributed by atoms with Crippen molar-refractivity contribution < 1.29 is 9.59 Å². The molecule has 15 heavy (non-hydrogen) atoms. The molecular formula is C12H9ClO2. The van der Waals surface area contributed by atoms with Crippen LogP contribution in [0.25, 0.3) is 0 Å². The number of benzene rings is 1. The molecule has 0 fully saturated rings. The third-order valence-corrected chi connectivity index (χ3v) is 3.07. The van der Waals surface area contributed by atoms with Crippen LogP contribution >= 0.6 is 11.6 Å². The molecule has 1 aliphatic rings. The summed E-state index contributed by atoms with van der Waals surface area (Å²) in [6, 6.07) is 5.23. The van der Waals surface area contributed by atoms with Gasteiger partial charge in [0.15, 0.2) is 5.78 Å². The fourth-order valence-corrected chi connectivity index (χ4v) is 1.92. The van der Waals surface area contributed by atoms with E-state index in [0.29, 0.717) is 16.7 Å². The van der Waals surface area contributed by atoms with Crippen LogP contribution in [0.2, 0.25) is 0 Å². The molecule has 0 aliphatic heterocycles. The lowest BCUT2D eigenvalue weighted by molar-refractivity contribution is 0.0980. The predicted octanol–water partition coefficient (Wildman–Crippen LogP) is 2.89. The standard InChI is InChI=1S/C12H9ClO2/c1-6-4-3-5-8-9(6)12(15)10(13)7(2)11(8)14/h3-5H,1-2H3. The number of allylic oxidation sites excluding steroid dienone is 2. The van der Waals surface area contributed by atoms with Crippen molar-refractivity contribution in [3.05, 3.63) is 45.5 Å². The van der Waals surface area contributed by atoms with E-state index < -0.39 is 0 Å². The fraction of sp³-hybridized carbons (Fsp3) is 0.167. The van der Waals surface area contributed by atoms with Gasteiger partial charge in [-0.1, -0.05) is 29.8 Å². The molecule has 0 saturated heterocycles. The van der Waals surface area contributed by atoms with E-state index in [1.165, 1.54) is 0 Å². The molecule has 0 atom stereocenters. The SMILES string of the molecule is CC1=C(Cl)C(=O)c2c(C)cccc2C1=O. The second kappa shape index (κ2) is 3.31.